The van der Waals surface area contributed by atoms with Gasteiger partial charge in [-0.25, -0.2) is 4.79 Å². The SMILES string of the molecule is CC1OC(OC2CCC3(CO)C(CCC4C3CCC3(C)C(C5=CC(=O)OC5)CCC43O)C2)C(O)C(O)C1OC1OC(COC2OC(CO)C(O)C(O)C2O)C(O)C(O)C1O. The van der Waals surface area contributed by atoms with Gasteiger partial charge in [0.25, 0.3) is 0 Å². The Morgan fingerprint density at radius 1 is 0.717 bits per heavy atom. The van der Waals surface area contributed by atoms with E-state index in [0.717, 1.165) is 37.7 Å². The van der Waals surface area contributed by atoms with Crippen molar-refractivity contribution in [2.75, 3.05) is 26.4 Å². The maximum absolute atomic E-state index is 12.6. The van der Waals surface area contributed by atoms with Crippen LogP contribution in [0.5, 0.6) is 0 Å². The van der Waals surface area contributed by atoms with Crippen molar-refractivity contribution in [2.24, 2.45) is 34.5 Å². The molecule has 0 amide bonds. The molecule has 4 aliphatic heterocycles. The lowest BCUT2D eigenvalue weighted by molar-refractivity contribution is -0.365. The third kappa shape index (κ3) is 7.40. The van der Waals surface area contributed by atoms with Crippen molar-refractivity contribution in [2.45, 2.75) is 175 Å². The van der Waals surface area contributed by atoms with Gasteiger partial charge in [0.1, 0.15) is 73.8 Å². The number of fused-ring (bicyclic) bond motifs is 5. The fourth-order valence-corrected chi connectivity index (χ4v) is 12.8. The molecule has 8 rings (SSSR count). The third-order valence-corrected chi connectivity index (χ3v) is 16.3. The summed E-state index contributed by atoms with van der Waals surface area (Å²) in [5.41, 5.74) is -0.786. The number of aliphatic hydroxyl groups is 11. The van der Waals surface area contributed by atoms with Gasteiger partial charge in [-0.3, -0.25) is 0 Å². The molecule has 0 spiro atoms. The molecule has 0 aromatic heterocycles. The van der Waals surface area contributed by atoms with Crippen molar-refractivity contribution in [1.29, 1.82) is 0 Å². The summed E-state index contributed by atoms with van der Waals surface area (Å²) < 4.78 is 40.1. The summed E-state index contributed by atoms with van der Waals surface area (Å²) >= 11 is 0. The van der Waals surface area contributed by atoms with Crippen LogP contribution < -0.4 is 0 Å². The zero-order chi connectivity index (χ0) is 43.1. The van der Waals surface area contributed by atoms with E-state index >= 15 is 0 Å². The van der Waals surface area contributed by atoms with Gasteiger partial charge in [-0.2, -0.15) is 0 Å². The van der Waals surface area contributed by atoms with Crippen molar-refractivity contribution in [3.8, 4) is 0 Å². The topological polar surface area (TPSA) is 304 Å². The van der Waals surface area contributed by atoms with Crippen LogP contribution in [0.1, 0.15) is 71.6 Å². The highest BCUT2D eigenvalue weighted by atomic mass is 16.8. The molecule has 23 unspecified atom stereocenters. The minimum atomic E-state index is -1.83. The van der Waals surface area contributed by atoms with E-state index in [0.29, 0.717) is 25.7 Å². The Morgan fingerprint density at radius 3 is 2.07 bits per heavy atom. The Morgan fingerprint density at radius 2 is 1.38 bits per heavy atom. The van der Waals surface area contributed by atoms with E-state index in [4.69, 9.17) is 33.2 Å². The first-order chi connectivity index (χ1) is 28.5. The van der Waals surface area contributed by atoms with Gasteiger partial charge in [-0.1, -0.05) is 6.92 Å². The fraction of sp³-hybridized carbons (Fsp3) is 0.927. The average molecular weight is 861 g/mol. The largest absolute Gasteiger partial charge is 0.458 e. The molecule has 0 aromatic rings. The van der Waals surface area contributed by atoms with Crippen LogP contribution in [0.25, 0.3) is 0 Å². The average Bonchev–Trinajstić information content (AvgIpc) is 3.79. The number of carbonyl (C=O) groups is 1. The summed E-state index contributed by atoms with van der Waals surface area (Å²) in [5, 5.41) is 118. The molecule has 7 fully saturated rings. The first kappa shape index (κ1) is 45.1. The first-order valence-corrected chi connectivity index (χ1v) is 21.6. The minimum absolute atomic E-state index is 0.00142. The van der Waals surface area contributed by atoms with Crippen LogP contribution in [-0.2, 0) is 38.0 Å². The maximum Gasteiger partial charge on any atom is 0.331 e. The van der Waals surface area contributed by atoms with Gasteiger partial charge in [0, 0.05) is 18.1 Å². The van der Waals surface area contributed by atoms with Gasteiger partial charge < -0.3 is 89.3 Å². The lowest BCUT2D eigenvalue weighted by Crippen LogP contribution is -2.65. The summed E-state index contributed by atoms with van der Waals surface area (Å²) in [6, 6.07) is 0. The molecule has 11 N–H and O–H groups in total. The van der Waals surface area contributed by atoms with E-state index in [9.17, 15) is 61.0 Å². The standard InChI is InChI=1S/C41H64O19/c1-17-35(60-38-33(51)30(48)28(46)25(59-38)15-55-36-32(50)29(47)27(45)24(13-42)58-36)31(49)34(52)37(56-17)57-20-5-9-40(16-43)19(12-20)3-4-23-22(40)6-8-39(2)21(7-10-41(23,39)53)18-11-26(44)54-14-18/h11,17,19-25,27-38,42-43,45-53H,3-10,12-16H2,1-2H3. The van der Waals surface area contributed by atoms with Gasteiger partial charge in [0.05, 0.1) is 31.0 Å². The fourth-order valence-electron chi connectivity index (χ4n) is 12.8. The van der Waals surface area contributed by atoms with E-state index in [1.165, 1.54) is 0 Å². The molecule has 0 radical (unpaired) electrons. The van der Waals surface area contributed by atoms with Gasteiger partial charge in [0.15, 0.2) is 18.9 Å². The first-order valence-electron chi connectivity index (χ1n) is 21.6. The molecule has 19 nitrogen and oxygen atoms in total. The highest BCUT2D eigenvalue weighted by Crippen LogP contribution is 2.70. The highest BCUT2D eigenvalue weighted by Gasteiger charge is 2.68. The van der Waals surface area contributed by atoms with E-state index in [-0.39, 0.29) is 49.0 Å². The van der Waals surface area contributed by atoms with Crippen molar-refractivity contribution in [3.05, 3.63) is 11.6 Å². The molecule has 4 saturated carbocycles. The predicted octanol–water partition coefficient (Wildman–Crippen LogP) is -2.92. The van der Waals surface area contributed by atoms with Gasteiger partial charge in [0.2, 0.25) is 0 Å². The third-order valence-electron chi connectivity index (χ3n) is 16.3. The molecule has 342 valence electrons. The Labute approximate surface area is 347 Å². The molecule has 60 heavy (non-hydrogen) atoms. The quantitative estimate of drug-likeness (QED) is 0.0775. The Hall–Kier alpha value is -1.47. The summed E-state index contributed by atoms with van der Waals surface area (Å²) in [6.07, 6.45) is -15.5. The normalized spacial score (nSPS) is 54.4. The molecule has 0 bridgehead atoms. The summed E-state index contributed by atoms with van der Waals surface area (Å²) in [7, 11) is 0. The number of carbonyl (C=O) groups excluding carboxylic acids is 1. The number of esters is 1. The van der Waals surface area contributed by atoms with Crippen molar-refractivity contribution < 1.29 is 94.1 Å². The smallest absolute Gasteiger partial charge is 0.331 e. The van der Waals surface area contributed by atoms with E-state index in [1.807, 2.05) is 0 Å². The number of cyclic esters (lactones) is 1. The lowest BCUT2D eigenvalue weighted by atomic mass is 9.43. The number of rotatable bonds is 10. The molecule has 8 aliphatic rings. The molecule has 19 heteroatoms. The van der Waals surface area contributed by atoms with Crippen LogP contribution in [0, 0.1) is 34.5 Å². The molecule has 23 atom stereocenters. The Kier molecular flexibility index (Phi) is 12.9. The van der Waals surface area contributed by atoms with E-state index < -0.39 is 122 Å². The second-order valence-corrected chi connectivity index (χ2v) is 19.0. The predicted molar refractivity (Wildman–Crippen MR) is 200 cm³/mol. The Bertz CT molecular complexity index is 1570. The molecule has 4 heterocycles. The van der Waals surface area contributed by atoms with E-state index in [2.05, 4.69) is 6.92 Å². The maximum atomic E-state index is 12.6. The second-order valence-electron chi connectivity index (χ2n) is 19.0. The van der Waals surface area contributed by atoms with Crippen LogP contribution in [0.15, 0.2) is 11.6 Å². The summed E-state index contributed by atoms with van der Waals surface area (Å²) in [5.74, 6) is -0.0804. The molecule has 3 saturated heterocycles. The molecular formula is C41H64O19. The zero-order valence-corrected chi connectivity index (χ0v) is 34.0. The van der Waals surface area contributed by atoms with E-state index in [1.54, 1.807) is 13.0 Å². The zero-order valence-electron chi connectivity index (χ0n) is 34.0. The Balaban J connectivity index is 0.872. The van der Waals surface area contributed by atoms with Crippen molar-refractivity contribution in [1.82, 2.24) is 0 Å². The number of aliphatic hydroxyl groups excluding tert-OH is 10. The monoisotopic (exact) mass is 860 g/mol. The minimum Gasteiger partial charge on any atom is -0.458 e. The van der Waals surface area contributed by atoms with Gasteiger partial charge in [-0.05, 0) is 99.4 Å². The van der Waals surface area contributed by atoms with Crippen LogP contribution in [-0.4, -0.2) is 192 Å². The molecule has 4 aliphatic carbocycles. The highest BCUT2D eigenvalue weighted by molar-refractivity contribution is 5.85. The van der Waals surface area contributed by atoms with Crippen LogP contribution in [0.4, 0.5) is 0 Å². The van der Waals surface area contributed by atoms with Crippen LogP contribution in [0.2, 0.25) is 0 Å². The molecular weight excluding hydrogens is 796 g/mol. The van der Waals surface area contributed by atoms with Crippen LogP contribution >= 0.6 is 0 Å². The van der Waals surface area contributed by atoms with Crippen LogP contribution in [0.3, 0.4) is 0 Å². The van der Waals surface area contributed by atoms with Crippen molar-refractivity contribution in [3.63, 3.8) is 0 Å². The lowest BCUT2D eigenvalue weighted by Gasteiger charge is -2.64. The van der Waals surface area contributed by atoms with Crippen molar-refractivity contribution >= 4 is 5.97 Å². The molecule has 0 aromatic carbocycles. The second kappa shape index (κ2) is 17.2. The number of hydrogen-bond donors (Lipinski definition) is 11. The summed E-state index contributed by atoms with van der Waals surface area (Å²) in [6.45, 7) is 2.71. The van der Waals surface area contributed by atoms with Gasteiger partial charge in [-0.15, -0.1) is 0 Å². The number of hydrogen-bond acceptors (Lipinski definition) is 19. The van der Waals surface area contributed by atoms with Gasteiger partial charge >= 0.3 is 5.97 Å². The number of ether oxygens (including phenoxy) is 7. The summed E-state index contributed by atoms with van der Waals surface area (Å²) in [4.78, 5) is 11.9.